The molecule has 0 aromatic heterocycles. The third-order valence-corrected chi connectivity index (χ3v) is 7.84. The van der Waals surface area contributed by atoms with E-state index in [2.05, 4.69) is 12.2 Å². The van der Waals surface area contributed by atoms with Gasteiger partial charge in [-0.1, -0.05) is 6.92 Å². The SMILES string of the molecule is CC[NH+]1CCC(Nc2ccc(S(=O)(=O)N3CCC[C@@H](C)C3)cc2[N+](=O)[O-])CC1. The minimum absolute atomic E-state index is 0.00379. The molecule has 28 heavy (non-hydrogen) atoms. The Labute approximate surface area is 167 Å². The Hall–Kier alpha value is -1.71. The molecule has 2 aliphatic heterocycles. The summed E-state index contributed by atoms with van der Waals surface area (Å²) in [5.41, 5.74) is 0.234. The summed E-state index contributed by atoms with van der Waals surface area (Å²) in [4.78, 5) is 12.7. The van der Waals surface area contributed by atoms with Gasteiger partial charge in [-0.15, -0.1) is 0 Å². The van der Waals surface area contributed by atoms with Crippen molar-refractivity contribution in [1.29, 1.82) is 0 Å². The molecule has 0 spiro atoms. The highest BCUT2D eigenvalue weighted by atomic mass is 32.2. The molecule has 3 rings (SSSR count). The lowest BCUT2D eigenvalue weighted by Gasteiger charge is -2.30. The van der Waals surface area contributed by atoms with Crippen LogP contribution in [0.1, 0.15) is 39.5 Å². The van der Waals surface area contributed by atoms with Crippen molar-refractivity contribution in [1.82, 2.24) is 4.31 Å². The van der Waals surface area contributed by atoms with E-state index in [4.69, 9.17) is 0 Å². The van der Waals surface area contributed by atoms with Crippen molar-refractivity contribution >= 4 is 21.4 Å². The number of benzene rings is 1. The van der Waals surface area contributed by atoms with E-state index in [-0.39, 0.29) is 16.6 Å². The molecule has 0 unspecified atom stereocenters. The number of rotatable bonds is 6. The molecule has 2 N–H and O–H groups in total. The number of likely N-dealkylation sites (tertiary alicyclic amines) is 1. The number of sulfonamides is 1. The molecule has 156 valence electrons. The van der Waals surface area contributed by atoms with Crippen molar-refractivity contribution < 1.29 is 18.2 Å². The van der Waals surface area contributed by atoms with E-state index >= 15 is 0 Å². The molecule has 2 aliphatic rings. The zero-order valence-corrected chi connectivity index (χ0v) is 17.5. The second kappa shape index (κ2) is 8.75. The van der Waals surface area contributed by atoms with Crippen LogP contribution in [-0.2, 0) is 10.0 Å². The Morgan fingerprint density at radius 1 is 1.29 bits per heavy atom. The van der Waals surface area contributed by atoms with Crippen LogP contribution >= 0.6 is 0 Å². The normalized spacial score (nSPS) is 26.7. The van der Waals surface area contributed by atoms with Gasteiger partial charge in [0, 0.05) is 38.0 Å². The molecule has 0 amide bonds. The molecule has 0 radical (unpaired) electrons. The van der Waals surface area contributed by atoms with Crippen molar-refractivity contribution in [3.05, 3.63) is 28.3 Å². The number of hydrogen-bond acceptors (Lipinski definition) is 5. The van der Waals surface area contributed by atoms with Crippen LogP contribution in [0.2, 0.25) is 0 Å². The summed E-state index contributed by atoms with van der Waals surface area (Å²) in [6.45, 7) is 8.31. The highest BCUT2D eigenvalue weighted by Crippen LogP contribution is 2.31. The number of anilines is 1. The summed E-state index contributed by atoms with van der Waals surface area (Å²) < 4.78 is 27.4. The van der Waals surface area contributed by atoms with Crippen LogP contribution in [0, 0.1) is 16.0 Å². The number of nitro benzene ring substituents is 1. The largest absolute Gasteiger partial charge is 0.376 e. The van der Waals surface area contributed by atoms with Crippen LogP contribution in [0.5, 0.6) is 0 Å². The lowest BCUT2D eigenvalue weighted by molar-refractivity contribution is -0.903. The van der Waals surface area contributed by atoms with Crippen molar-refractivity contribution in [3.8, 4) is 0 Å². The van der Waals surface area contributed by atoms with Crippen LogP contribution < -0.4 is 10.2 Å². The van der Waals surface area contributed by atoms with Crippen molar-refractivity contribution in [3.63, 3.8) is 0 Å². The maximum absolute atomic E-state index is 13.0. The zero-order chi connectivity index (χ0) is 20.3. The first-order valence-corrected chi connectivity index (χ1v) is 11.6. The Morgan fingerprint density at radius 2 is 2.00 bits per heavy atom. The zero-order valence-electron chi connectivity index (χ0n) is 16.7. The summed E-state index contributed by atoms with van der Waals surface area (Å²) in [6.07, 6.45) is 3.73. The van der Waals surface area contributed by atoms with Crippen LogP contribution in [0.3, 0.4) is 0 Å². The van der Waals surface area contributed by atoms with Gasteiger partial charge in [-0.05, 0) is 37.8 Å². The van der Waals surface area contributed by atoms with E-state index in [0.717, 1.165) is 45.3 Å². The summed E-state index contributed by atoms with van der Waals surface area (Å²) >= 11 is 0. The van der Waals surface area contributed by atoms with Crippen molar-refractivity contribution in [2.24, 2.45) is 5.92 Å². The lowest BCUT2D eigenvalue weighted by Crippen LogP contribution is -3.13. The third kappa shape index (κ3) is 4.64. The lowest BCUT2D eigenvalue weighted by atomic mass is 10.0. The van der Waals surface area contributed by atoms with Gasteiger partial charge in [-0.3, -0.25) is 10.1 Å². The van der Waals surface area contributed by atoms with Crippen LogP contribution in [0.25, 0.3) is 0 Å². The Bertz CT molecular complexity index is 806. The monoisotopic (exact) mass is 411 g/mol. The molecule has 0 bridgehead atoms. The van der Waals surface area contributed by atoms with E-state index < -0.39 is 14.9 Å². The first-order valence-electron chi connectivity index (χ1n) is 10.2. The molecular weight excluding hydrogens is 380 g/mol. The van der Waals surface area contributed by atoms with Gasteiger partial charge in [-0.2, -0.15) is 4.31 Å². The molecule has 2 saturated heterocycles. The van der Waals surface area contributed by atoms with Gasteiger partial charge in [-0.25, -0.2) is 8.42 Å². The highest BCUT2D eigenvalue weighted by molar-refractivity contribution is 7.89. The average Bonchev–Trinajstić information content (AvgIpc) is 2.68. The molecule has 2 fully saturated rings. The minimum atomic E-state index is -3.71. The van der Waals surface area contributed by atoms with Crippen LogP contribution in [-0.4, -0.2) is 56.4 Å². The Morgan fingerprint density at radius 3 is 2.61 bits per heavy atom. The maximum atomic E-state index is 13.0. The van der Waals surface area contributed by atoms with Crippen molar-refractivity contribution in [2.45, 2.75) is 50.5 Å². The standard InChI is InChI=1S/C19H30N4O4S/c1-3-21-11-8-16(9-12-21)20-18-7-6-17(13-19(18)23(24)25)28(26,27)22-10-4-5-15(2)14-22/h6-7,13,15-16,20H,3-5,8-12,14H2,1-2H3/p+1/t15-/m1/s1. The second-order valence-corrected chi connectivity index (χ2v) is 10.0. The summed E-state index contributed by atoms with van der Waals surface area (Å²) in [7, 11) is -3.71. The molecule has 0 saturated carbocycles. The van der Waals surface area contributed by atoms with E-state index in [1.54, 1.807) is 11.0 Å². The molecule has 0 aliphatic carbocycles. The van der Waals surface area contributed by atoms with Gasteiger partial charge >= 0.3 is 0 Å². The third-order valence-electron chi connectivity index (χ3n) is 5.98. The van der Waals surface area contributed by atoms with Crippen molar-refractivity contribution in [2.75, 3.05) is 38.0 Å². The summed E-state index contributed by atoms with van der Waals surface area (Å²) in [5, 5.41) is 14.9. The van der Waals surface area contributed by atoms with Gasteiger partial charge in [0.15, 0.2) is 0 Å². The maximum Gasteiger partial charge on any atom is 0.293 e. The van der Waals surface area contributed by atoms with E-state index in [1.807, 2.05) is 6.92 Å². The number of nitro groups is 1. The molecule has 1 atom stereocenters. The van der Waals surface area contributed by atoms with E-state index in [9.17, 15) is 18.5 Å². The minimum Gasteiger partial charge on any atom is -0.376 e. The molecule has 1 aromatic rings. The first-order chi connectivity index (χ1) is 13.3. The number of hydrogen-bond donors (Lipinski definition) is 2. The first kappa shape index (κ1) is 21.0. The molecule has 2 heterocycles. The fourth-order valence-corrected chi connectivity index (χ4v) is 5.82. The molecule has 8 nitrogen and oxygen atoms in total. The quantitative estimate of drug-likeness (QED) is 0.546. The number of nitrogens with one attached hydrogen (secondary N) is 2. The van der Waals surface area contributed by atoms with E-state index in [0.29, 0.717) is 24.7 Å². The number of quaternary nitrogens is 1. The topological polar surface area (TPSA) is 97.0 Å². The predicted octanol–water partition coefficient (Wildman–Crippen LogP) is 1.49. The van der Waals surface area contributed by atoms with Gasteiger partial charge < -0.3 is 10.2 Å². The van der Waals surface area contributed by atoms with Gasteiger partial charge in [0.05, 0.1) is 29.5 Å². The van der Waals surface area contributed by atoms with Crippen LogP contribution in [0.4, 0.5) is 11.4 Å². The van der Waals surface area contributed by atoms with Gasteiger partial charge in [0.25, 0.3) is 5.69 Å². The highest BCUT2D eigenvalue weighted by Gasteiger charge is 2.31. The second-order valence-electron chi connectivity index (χ2n) is 8.07. The summed E-state index contributed by atoms with van der Waals surface area (Å²) in [6, 6.07) is 4.44. The fourth-order valence-electron chi connectivity index (χ4n) is 4.20. The van der Waals surface area contributed by atoms with Crippen LogP contribution in [0.15, 0.2) is 23.1 Å². The molecular formula is C19H31N4O4S+. The number of piperidine rings is 2. The Kier molecular flexibility index (Phi) is 6.57. The smallest absolute Gasteiger partial charge is 0.293 e. The molecule has 9 heteroatoms. The van der Waals surface area contributed by atoms with E-state index in [1.165, 1.54) is 16.4 Å². The Balaban J connectivity index is 1.80. The predicted molar refractivity (Wildman–Crippen MR) is 108 cm³/mol. The fraction of sp³-hybridized carbons (Fsp3) is 0.684. The average molecular weight is 412 g/mol. The summed E-state index contributed by atoms with van der Waals surface area (Å²) in [5.74, 6) is 0.301. The van der Waals surface area contributed by atoms with Gasteiger partial charge in [0.2, 0.25) is 10.0 Å². The molecule has 1 aromatic carbocycles. The van der Waals surface area contributed by atoms with Gasteiger partial charge in [0.1, 0.15) is 5.69 Å². The number of nitrogens with zero attached hydrogens (tertiary/aromatic N) is 2.